The highest BCUT2D eigenvalue weighted by Gasteiger charge is 2.41. The molecule has 0 aromatic heterocycles. The van der Waals surface area contributed by atoms with Crippen molar-refractivity contribution < 1.29 is 32.3 Å². The van der Waals surface area contributed by atoms with E-state index in [1.165, 1.54) is 17.0 Å². The summed E-state index contributed by atoms with van der Waals surface area (Å²) in [7, 11) is -3.77. The summed E-state index contributed by atoms with van der Waals surface area (Å²) in [6, 6.07) is 18.2. The monoisotopic (exact) mass is 662 g/mol. The first kappa shape index (κ1) is 31.3. The summed E-state index contributed by atoms with van der Waals surface area (Å²) in [5.74, 6) is 0.995. The van der Waals surface area contributed by atoms with Gasteiger partial charge in [0.25, 0.3) is 5.91 Å². The fourth-order valence-corrected chi connectivity index (χ4v) is 6.41. The van der Waals surface area contributed by atoms with Gasteiger partial charge in [-0.05, 0) is 60.4 Å². The number of primary sulfonamides is 1. The highest BCUT2D eigenvalue weighted by atomic mass is 32.2. The van der Waals surface area contributed by atoms with E-state index in [0.29, 0.717) is 53.3 Å². The van der Waals surface area contributed by atoms with Crippen molar-refractivity contribution in [3.8, 4) is 11.5 Å². The Kier molecular flexibility index (Phi) is 9.05. The summed E-state index contributed by atoms with van der Waals surface area (Å²) in [6.07, 6.45) is 0.799. The molecule has 0 radical (unpaired) electrons. The number of aliphatic imine (C=N–C) groups is 2. The molecule has 0 fully saturated rings. The van der Waals surface area contributed by atoms with Gasteiger partial charge < -0.3 is 20.1 Å². The lowest BCUT2D eigenvalue weighted by Gasteiger charge is -2.25. The third-order valence-corrected chi connectivity index (χ3v) is 9.31. The summed E-state index contributed by atoms with van der Waals surface area (Å²) in [6.45, 7) is 0.812. The van der Waals surface area contributed by atoms with Crippen molar-refractivity contribution >= 4 is 56.2 Å². The van der Waals surface area contributed by atoms with Crippen LogP contribution in [0.25, 0.3) is 0 Å². The number of nitrogens with one attached hydrogen (secondary N) is 2. The molecule has 3 aliphatic rings. The normalized spacial score (nSPS) is 16.3. The van der Waals surface area contributed by atoms with E-state index >= 15 is 0 Å². The van der Waals surface area contributed by atoms with Crippen molar-refractivity contribution in [1.82, 2.24) is 15.5 Å². The lowest BCUT2D eigenvalue weighted by molar-refractivity contribution is -0.125. The van der Waals surface area contributed by atoms with E-state index in [1.54, 1.807) is 18.2 Å². The van der Waals surface area contributed by atoms with Gasteiger partial charge in [-0.2, -0.15) is 0 Å². The number of hydrogen-bond acceptors (Lipinski definition) is 10. The molecule has 0 saturated carbocycles. The molecule has 1 atom stereocenters. The Hall–Kier alpha value is -4.73. The number of ether oxygens (including phenoxy) is 2. The SMILES string of the molecule is NS(=O)(=O)c1ccc(CCNC(=O)CSC2=Nc3ccccc3C3=NC(CCC(=O)NCc4ccc5c(c4)OCO5)C(=O)N23)cc1. The minimum Gasteiger partial charge on any atom is -0.454 e. The van der Waals surface area contributed by atoms with Crippen LogP contribution in [0.15, 0.2) is 81.6 Å². The van der Waals surface area contributed by atoms with E-state index in [1.807, 2.05) is 36.4 Å². The topological polar surface area (TPSA) is 182 Å². The van der Waals surface area contributed by atoms with Gasteiger partial charge >= 0.3 is 0 Å². The first-order chi connectivity index (χ1) is 22.2. The summed E-state index contributed by atoms with van der Waals surface area (Å²) < 4.78 is 33.6. The number of amides is 3. The molecule has 0 saturated heterocycles. The predicted molar refractivity (Wildman–Crippen MR) is 171 cm³/mol. The highest BCUT2D eigenvalue weighted by molar-refractivity contribution is 8.14. The van der Waals surface area contributed by atoms with Gasteiger partial charge in [0.2, 0.25) is 28.6 Å². The van der Waals surface area contributed by atoms with Crippen LogP contribution < -0.4 is 25.2 Å². The van der Waals surface area contributed by atoms with Crippen molar-refractivity contribution in [2.45, 2.75) is 36.7 Å². The van der Waals surface area contributed by atoms with E-state index < -0.39 is 16.1 Å². The number of fused-ring (bicyclic) bond motifs is 4. The van der Waals surface area contributed by atoms with Crippen molar-refractivity contribution in [2.75, 3.05) is 19.1 Å². The van der Waals surface area contributed by atoms with Crippen molar-refractivity contribution in [2.24, 2.45) is 15.1 Å². The molecular weight excluding hydrogens is 633 g/mol. The molecule has 0 spiro atoms. The number of para-hydroxylation sites is 1. The third kappa shape index (κ3) is 7.06. The molecule has 3 aromatic rings. The highest BCUT2D eigenvalue weighted by Crippen LogP contribution is 2.35. The zero-order valence-corrected chi connectivity index (χ0v) is 26.1. The van der Waals surface area contributed by atoms with E-state index in [0.717, 1.165) is 22.9 Å². The van der Waals surface area contributed by atoms with E-state index in [4.69, 9.17) is 14.6 Å². The van der Waals surface area contributed by atoms with Crippen molar-refractivity contribution in [3.63, 3.8) is 0 Å². The smallest absolute Gasteiger partial charge is 0.259 e. The van der Waals surface area contributed by atoms with Crippen LogP contribution in [-0.4, -0.2) is 67.2 Å². The Morgan fingerprint density at radius 3 is 2.54 bits per heavy atom. The van der Waals surface area contributed by atoms with Gasteiger partial charge in [-0.25, -0.2) is 23.4 Å². The minimum absolute atomic E-state index is 0.00927. The molecular formula is C31H30N6O7S2. The van der Waals surface area contributed by atoms with E-state index in [9.17, 15) is 22.8 Å². The number of hydrogen-bond donors (Lipinski definition) is 3. The molecule has 3 amide bonds. The van der Waals surface area contributed by atoms with Gasteiger partial charge in [0, 0.05) is 25.1 Å². The van der Waals surface area contributed by atoms with Crippen LogP contribution in [0.3, 0.4) is 0 Å². The van der Waals surface area contributed by atoms with E-state index in [2.05, 4.69) is 20.6 Å². The first-order valence-corrected chi connectivity index (χ1v) is 17.0. The Bertz CT molecular complexity index is 1860. The van der Waals surface area contributed by atoms with Crippen LogP contribution in [0.1, 0.15) is 29.5 Å². The summed E-state index contributed by atoms with van der Waals surface area (Å²) in [4.78, 5) is 49.7. The molecule has 0 aliphatic carbocycles. The number of amidine groups is 2. The van der Waals surface area contributed by atoms with Gasteiger partial charge in [-0.15, -0.1) is 0 Å². The Morgan fingerprint density at radius 2 is 1.74 bits per heavy atom. The number of carbonyl (C=O) groups excluding carboxylic acids is 3. The maximum absolute atomic E-state index is 13.5. The van der Waals surface area contributed by atoms with Crippen LogP contribution in [-0.2, 0) is 37.4 Å². The second-order valence-electron chi connectivity index (χ2n) is 10.6. The van der Waals surface area contributed by atoms with Gasteiger partial charge in [-0.1, -0.05) is 42.1 Å². The van der Waals surface area contributed by atoms with Gasteiger partial charge in [0.05, 0.1) is 16.3 Å². The molecule has 46 heavy (non-hydrogen) atoms. The predicted octanol–water partition coefficient (Wildman–Crippen LogP) is 2.21. The zero-order chi connectivity index (χ0) is 32.3. The summed E-state index contributed by atoms with van der Waals surface area (Å²) in [5, 5.41) is 11.2. The first-order valence-electron chi connectivity index (χ1n) is 14.4. The van der Waals surface area contributed by atoms with Crippen molar-refractivity contribution in [3.05, 3.63) is 83.4 Å². The Morgan fingerprint density at radius 1 is 0.978 bits per heavy atom. The molecule has 1 unspecified atom stereocenters. The average Bonchev–Trinajstić information content (AvgIpc) is 3.65. The Labute approximate surface area is 269 Å². The molecule has 3 aromatic carbocycles. The van der Waals surface area contributed by atoms with Crippen LogP contribution in [0, 0.1) is 0 Å². The molecule has 0 bridgehead atoms. The second kappa shape index (κ2) is 13.3. The largest absolute Gasteiger partial charge is 0.454 e. The zero-order valence-electron chi connectivity index (χ0n) is 24.5. The molecule has 15 heteroatoms. The maximum atomic E-state index is 13.5. The summed E-state index contributed by atoms with van der Waals surface area (Å²) >= 11 is 1.12. The summed E-state index contributed by atoms with van der Waals surface area (Å²) in [5.41, 5.74) is 3.04. The van der Waals surface area contributed by atoms with Crippen LogP contribution in [0.2, 0.25) is 0 Å². The van der Waals surface area contributed by atoms with E-state index in [-0.39, 0.29) is 48.0 Å². The number of thioether (sulfide) groups is 1. The molecule has 6 rings (SSSR count). The van der Waals surface area contributed by atoms with Crippen molar-refractivity contribution in [1.29, 1.82) is 0 Å². The quantitative estimate of drug-likeness (QED) is 0.279. The molecule has 4 N–H and O–H groups in total. The maximum Gasteiger partial charge on any atom is 0.259 e. The van der Waals surface area contributed by atoms with Gasteiger partial charge in [0.1, 0.15) is 11.9 Å². The number of nitrogens with two attached hydrogens (primary N) is 1. The van der Waals surface area contributed by atoms with Crippen LogP contribution in [0.5, 0.6) is 11.5 Å². The number of carbonyl (C=O) groups is 3. The standard InChI is InChI=1S/C31H30N6O7S2/c32-46(41,42)21-8-5-19(6-9-21)13-14-33-28(39)17-45-31-36-23-4-2-1-3-22(23)29-35-24(30(40)37(29)31)10-12-27(38)34-16-20-7-11-25-26(15-20)44-18-43-25/h1-9,11,15,24H,10,12-14,16-18H2,(H,33,39)(H,34,38)(H2,32,41,42). The lowest BCUT2D eigenvalue weighted by Crippen LogP contribution is -2.42. The average molecular weight is 663 g/mol. The van der Waals surface area contributed by atoms with Gasteiger partial charge in [0.15, 0.2) is 16.7 Å². The van der Waals surface area contributed by atoms with Crippen LogP contribution >= 0.6 is 11.8 Å². The Balaban J connectivity index is 1.02. The molecule has 238 valence electrons. The molecule has 3 aliphatic heterocycles. The van der Waals surface area contributed by atoms with Gasteiger partial charge in [-0.3, -0.25) is 19.4 Å². The fourth-order valence-electron chi connectivity index (χ4n) is 5.07. The number of nitrogens with zero attached hydrogens (tertiary/aromatic N) is 3. The second-order valence-corrected chi connectivity index (χ2v) is 13.1. The minimum atomic E-state index is -3.77. The lowest BCUT2D eigenvalue weighted by atomic mass is 10.1. The molecule has 13 nitrogen and oxygen atoms in total. The third-order valence-electron chi connectivity index (χ3n) is 7.44. The molecule has 3 heterocycles. The number of benzene rings is 3. The van der Waals surface area contributed by atoms with Crippen LogP contribution in [0.4, 0.5) is 5.69 Å². The number of rotatable bonds is 11. The fraction of sp³-hybridized carbons (Fsp3) is 0.258. The number of sulfonamides is 1.